The van der Waals surface area contributed by atoms with E-state index >= 15 is 0 Å². The van der Waals surface area contributed by atoms with Gasteiger partial charge in [-0.05, 0) is 62.1 Å². The Labute approximate surface area is 197 Å². The standard InChI is InChI=1S/C25H27NO7S/c1-14-5-7-20(9-16(14)3)34(30,31)26-12-19(27)11-22(26)25(29)32-13-18-10-23(28)33-24-17(4)15(2)6-8-21(18)24/h5-10,19,22,27H,11-13H2,1-4H3/t19?,22-/m0/s1. The van der Waals surface area contributed by atoms with Crippen LogP contribution in [-0.4, -0.2) is 42.5 Å². The minimum Gasteiger partial charge on any atom is -0.460 e. The van der Waals surface area contributed by atoms with Crippen molar-refractivity contribution in [2.24, 2.45) is 0 Å². The molecule has 1 fully saturated rings. The lowest BCUT2D eigenvalue weighted by Crippen LogP contribution is -2.41. The number of carbonyl (C=O) groups is 1. The number of sulfonamides is 1. The number of esters is 1. The smallest absolute Gasteiger partial charge is 0.336 e. The summed E-state index contributed by atoms with van der Waals surface area (Å²) in [5.74, 6) is -0.783. The third-order valence-corrected chi connectivity index (χ3v) is 8.35. The van der Waals surface area contributed by atoms with Gasteiger partial charge in [0, 0.05) is 30.0 Å². The summed E-state index contributed by atoms with van der Waals surface area (Å²) < 4.78 is 38.4. The molecule has 0 amide bonds. The van der Waals surface area contributed by atoms with Gasteiger partial charge in [0.05, 0.1) is 11.0 Å². The van der Waals surface area contributed by atoms with E-state index in [-0.39, 0.29) is 24.5 Å². The molecule has 2 aromatic carbocycles. The predicted molar refractivity (Wildman–Crippen MR) is 126 cm³/mol. The highest BCUT2D eigenvalue weighted by Crippen LogP contribution is 2.29. The fourth-order valence-electron chi connectivity index (χ4n) is 4.16. The minimum atomic E-state index is -4.03. The van der Waals surface area contributed by atoms with Gasteiger partial charge in [-0.3, -0.25) is 4.79 Å². The quantitative estimate of drug-likeness (QED) is 0.437. The summed E-state index contributed by atoms with van der Waals surface area (Å²) in [6.45, 7) is 6.99. The maximum absolute atomic E-state index is 13.3. The maximum Gasteiger partial charge on any atom is 0.336 e. The topological polar surface area (TPSA) is 114 Å². The lowest BCUT2D eigenvalue weighted by Gasteiger charge is -2.23. The molecule has 1 aliphatic rings. The molecule has 0 spiro atoms. The summed E-state index contributed by atoms with van der Waals surface area (Å²) in [5.41, 5.74) is 3.84. The van der Waals surface area contributed by atoms with Gasteiger partial charge in [0.15, 0.2) is 0 Å². The lowest BCUT2D eigenvalue weighted by atomic mass is 10.0. The zero-order valence-electron chi connectivity index (χ0n) is 19.5. The number of hydrogen-bond donors (Lipinski definition) is 1. The Morgan fingerprint density at radius 1 is 1.09 bits per heavy atom. The predicted octanol–water partition coefficient (Wildman–Crippen LogP) is 2.89. The van der Waals surface area contributed by atoms with E-state index in [1.807, 2.05) is 33.8 Å². The second-order valence-electron chi connectivity index (χ2n) is 8.81. The van der Waals surface area contributed by atoms with Crippen LogP contribution in [0.4, 0.5) is 0 Å². The average Bonchev–Trinajstić information content (AvgIpc) is 3.19. The maximum atomic E-state index is 13.3. The number of nitrogens with zero attached hydrogens (tertiary/aromatic N) is 1. The van der Waals surface area contributed by atoms with Gasteiger partial charge in [-0.25, -0.2) is 13.2 Å². The Bertz CT molecular complexity index is 1440. The molecule has 1 aliphatic heterocycles. The number of ether oxygens (including phenoxy) is 1. The number of aliphatic hydroxyl groups is 1. The molecule has 2 atom stereocenters. The molecule has 3 aromatic rings. The minimum absolute atomic E-state index is 0.0556. The van der Waals surface area contributed by atoms with Crippen molar-refractivity contribution < 1.29 is 27.5 Å². The van der Waals surface area contributed by atoms with Crippen LogP contribution in [0, 0.1) is 27.7 Å². The fraction of sp³-hybridized carbons (Fsp3) is 0.360. The molecule has 1 unspecified atom stereocenters. The Morgan fingerprint density at radius 2 is 1.79 bits per heavy atom. The first-order valence-corrected chi connectivity index (χ1v) is 12.4. The zero-order valence-corrected chi connectivity index (χ0v) is 20.3. The van der Waals surface area contributed by atoms with Crippen LogP contribution in [0.15, 0.2) is 50.5 Å². The van der Waals surface area contributed by atoms with E-state index in [0.717, 1.165) is 26.6 Å². The number of benzene rings is 2. The average molecular weight is 486 g/mol. The molecule has 34 heavy (non-hydrogen) atoms. The van der Waals surface area contributed by atoms with Gasteiger partial charge in [-0.1, -0.05) is 18.2 Å². The van der Waals surface area contributed by atoms with Crippen molar-refractivity contribution in [1.29, 1.82) is 0 Å². The van der Waals surface area contributed by atoms with E-state index in [1.165, 1.54) is 12.1 Å². The van der Waals surface area contributed by atoms with Crippen molar-refractivity contribution >= 4 is 27.0 Å². The number of carbonyl (C=O) groups excluding carboxylic acids is 1. The molecule has 1 saturated heterocycles. The van der Waals surface area contributed by atoms with Gasteiger partial charge in [0.2, 0.25) is 10.0 Å². The molecule has 0 radical (unpaired) electrons. The number of fused-ring (bicyclic) bond motifs is 1. The van der Waals surface area contributed by atoms with E-state index in [0.29, 0.717) is 16.5 Å². The van der Waals surface area contributed by atoms with Gasteiger partial charge in [-0.15, -0.1) is 0 Å². The lowest BCUT2D eigenvalue weighted by molar-refractivity contribution is -0.148. The largest absolute Gasteiger partial charge is 0.460 e. The number of hydrogen-bond acceptors (Lipinski definition) is 7. The van der Waals surface area contributed by atoms with E-state index in [2.05, 4.69) is 0 Å². The van der Waals surface area contributed by atoms with Gasteiger partial charge < -0.3 is 14.3 Å². The van der Waals surface area contributed by atoms with Gasteiger partial charge in [0.25, 0.3) is 0 Å². The molecule has 0 bridgehead atoms. The molecule has 1 aromatic heterocycles. The Morgan fingerprint density at radius 3 is 2.50 bits per heavy atom. The number of aliphatic hydroxyl groups excluding tert-OH is 1. The van der Waals surface area contributed by atoms with Crippen LogP contribution in [0.5, 0.6) is 0 Å². The first kappa shape index (κ1) is 24.1. The number of rotatable bonds is 5. The molecule has 0 aliphatic carbocycles. The van der Waals surface area contributed by atoms with Gasteiger partial charge in [-0.2, -0.15) is 4.31 Å². The van der Waals surface area contributed by atoms with E-state index < -0.39 is 33.8 Å². The summed E-state index contributed by atoms with van der Waals surface area (Å²) in [5, 5.41) is 10.8. The Balaban J connectivity index is 1.60. The Hall–Kier alpha value is -3.01. The molecular weight excluding hydrogens is 458 g/mol. The highest BCUT2D eigenvalue weighted by atomic mass is 32.2. The van der Waals surface area contributed by atoms with Crippen LogP contribution < -0.4 is 5.63 Å². The van der Waals surface area contributed by atoms with E-state index in [4.69, 9.17) is 9.15 Å². The third kappa shape index (κ3) is 4.38. The molecule has 8 nitrogen and oxygen atoms in total. The van der Waals surface area contributed by atoms with Crippen molar-refractivity contribution in [2.45, 2.75) is 57.8 Å². The molecule has 180 valence electrons. The van der Waals surface area contributed by atoms with Gasteiger partial charge >= 0.3 is 11.6 Å². The summed E-state index contributed by atoms with van der Waals surface area (Å²) in [6.07, 6.45) is -1.06. The van der Waals surface area contributed by atoms with Crippen molar-refractivity contribution in [1.82, 2.24) is 4.31 Å². The molecule has 4 rings (SSSR count). The first-order valence-electron chi connectivity index (χ1n) is 11.0. The van der Waals surface area contributed by atoms with Crippen LogP contribution in [0.3, 0.4) is 0 Å². The third-order valence-electron chi connectivity index (χ3n) is 6.48. The van der Waals surface area contributed by atoms with Crippen LogP contribution in [0.2, 0.25) is 0 Å². The summed E-state index contributed by atoms with van der Waals surface area (Å²) in [4.78, 5) is 25.1. The zero-order chi connectivity index (χ0) is 24.8. The molecule has 9 heteroatoms. The van der Waals surface area contributed by atoms with Crippen molar-refractivity contribution in [3.05, 3.63) is 74.6 Å². The summed E-state index contributed by atoms with van der Waals surface area (Å²) in [7, 11) is -4.03. The second kappa shape index (κ2) is 8.98. The van der Waals surface area contributed by atoms with Crippen molar-refractivity contribution in [3.8, 4) is 0 Å². The molecule has 0 saturated carbocycles. The SMILES string of the molecule is Cc1ccc(S(=O)(=O)N2CC(O)C[C@H]2C(=O)OCc2cc(=O)oc3c(C)c(C)ccc23)cc1C. The highest BCUT2D eigenvalue weighted by molar-refractivity contribution is 7.89. The Kier molecular flexibility index (Phi) is 6.37. The molecule has 2 heterocycles. The van der Waals surface area contributed by atoms with Crippen molar-refractivity contribution in [2.75, 3.05) is 6.54 Å². The fourth-order valence-corrected chi connectivity index (χ4v) is 5.87. The number of β-amino-alcohol motifs (C(OH)–C–C–N with tert-alkyl or cyclic N) is 1. The number of aryl methyl sites for hydroxylation is 4. The van der Waals surface area contributed by atoms with Crippen LogP contribution in [0.1, 0.15) is 34.2 Å². The van der Waals surface area contributed by atoms with Crippen LogP contribution >= 0.6 is 0 Å². The van der Waals surface area contributed by atoms with Gasteiger partial charge in [0.1, 0.15) is 18.2 Å². The van der Waals surface area contributed by atoms with Crippen LogP contribution in [-0.2, 0) is 26.2 Å². The summed E-state index contributed by atoms with van der Waals surface area (Å²) in [6, 6.07) is 8.52. The highest BCUT2D eigenvalue weighted by Gasteiger charge is 2.44. The second-order valence-corrected chi connectivity index (χ2v) is 10.7. The van der Waals surface area contributed by atoms with E-state index in [1.54, 1.807) is 18.2 Å². The van der Waals surface area contributed by atoms with Crippen LogP contribution in [0.25, 0.3) is 11.0 Å². The molecular formula is C25H27NO7S. The monoisotopic (exact) mass is 485 g/mol. The van der Waals surface area contributed by atoms with Crippen molar-refractivity contribution in [3.63, 3.8) is 0 Å². The summed E-state index contributed by atoms with van der Waals surface area (Å²) >= 11 is 0. The molecule has 1 N–H and O–H groups in total. The van der Waals surface area contributed by atoms with E-state index in [9.17, 15) is 23.1 Å². The normalized spacial score (nSPS) is 19.0. The first-order chi connectivity index (χ1) is 16.0.